The average molecular weight is 252 g/mol. The highest BCUT2D eigenvalue weighted by Gasteiger charge is 2.30. The molecule has 0 radical (unpaired) electrons. The second-order valence-corrected chi connectivity index (χ2v) is 6.41. The summed E-state index contributed by atoms with van der Waals surface area (Å²) < 4.78 is 0. The summed E-state index contributed by atoms with van der Waals surface area (Å²) in [4.78, 5) is 12.0. The van der Waals surface area contributed by atoms with E-state index < -0.39 is 0 Å². The molecule has 0 heterocycles. The molecule has 0 aliphatic heterocycles. The zero-order chi connectivity index (χ0) is 13.0. The van der Waals surface area contributed by atoms with Crippen molar-refractivity contribution in [1.82, 2.24) is 5.32 Å². The fourth-order valence-electron chi connectivity index (χ4n) is 3.46. The van der Waals surface area contributed by atoms with Crippen molar-refractivity contribution in [2.45, 2.75) is 64.3 Å². The highest BCUT2D eigenvalue weighted by Crippen LogP contribution is 2.30. The molecule has 0 saturated heterocycles. The maximum absolute atomic E-state index is 12.0. The highest BCUT2D eigenvalue weighted by atomic mass is 16.1. The maximum atomic E-state index is 12.0. The van der Waals surface area contributed by atoms with Crippen LogP contribution in [0.25, 0.3) is 0 Å². The van der Waals surface area contributed by atoms with Crippen molar-refractivity contribution in [3.63, 3.8) is 0 Å². The SMILES string of the molecule is CC1CCC(CCNC(=O)C2CCCC2N)CC1. The van der Waals surface area contributed by atoms with Crippen LogP contribution in [-0.4, -0.2) is 18.5 Å². The van der Waals surface area contributed by atoms with Crippen LogP contribution < -0.4 is 11.1 Å². The summed E-state index contributed by atoms with van der Waals surface area (Å²) in [6, 6.07) is 0.0977. The Morgan fingerprint density at radius 1 is 1.17 bits per heavy atom. The normalized spacial score (nSPS) is 36.6. The van der Waals surface area contributed by atoms with Crippen molar-refractivity contribution in [1.29, 1.82) is 0 Å². The molecular formula is C15H28N2O. The molecule has 2 saturated carbocycles. The largest absolute Gasteiger partial charge is 0.356 e. The summed E-state index contributed by atoms with van der Waals surface area (Å²) in [5, 5.41) is 3.09. The third kappa shape index (κ3) is 3.71. The van der Waals surface area contributed by atoms with Gasteiger partial charge in [-0.15, -0.1) is 0 Å². The Morgan fingerprint density at radius 3 is 2.50 bits per heavy atom. The topological polar surface area (TPSA) is 55.1 Å². The van der Waals surface area contributed by atoms with Gasteiger partial charge >= 0.3 is 0 Å². The molecule has 0 bridgehead atoms. The van der Waals surface area contributed by atoms with E-state index in [-0.39, 0.29) is 17.9 Å². The third-order valence-corrected chi connectivity index (χ3v) is 4.89. The van der Waals surface area contributed by atoms with Crippen molar-refractivity contribution in [3.8, 4) is 0 Å². The van der Waals surface area contributed by atoms with E-state index in [9.17, 15) is 4.79 Å². The van der Waals surface area contributed by atoms with Crippen LogP contribution in [0.4, 0.5) is 0 Å². The molecule has 2 unspecified atom stereocenters. The van der Waals surface area contributed by atoms with Crippen molar-refractivity contribution in [2.24, 2.45) is 23.5 Å². The van der Waals surface area contributed by atoms with E-state index in [4.69, 9.17) is 5.73 Å². The molecule has 3 heteroatoms. The van der Waals surface area contributed by atoms with Gasteiger partial charge in [-0.3, -0.25) is 4.79 Å². The van der Waals surface area contributed by atoms with Crippen molar-refractivity contribution in [3.05, 3.63) is 0 Å². The van der Waals surface area contributed by atoms with Crippen LogP contribution in [0.3, 0.4) is 0 Å². The van der Waals surface area contributed by atoms with Gasteiger partial charge in [0, 0.05) is 12.6 Å². The van der Waals surface area contributed by atoms with Crippen LogP contribution in [0.15, 0.2) is 0 Å². The van der Waals surface area contributed by atoms with E-state index in [0.717, 1.165) is 44.1 Å². The Labute approximate surface area is 111 Å². The monoisotopic (exact) mass is 252 g/mol. The quantitative estimate of drug-likeness (QED) is 0.807. The lowest BCUT2D eigenvalue weighted by Crippen LogP contribution is -2.39. The molecule has 104 valence electrons. The predicted molar refractivity (Wildman–Crippen MR) is 74.1 cm³/mol. The van der Waals surface area contributed by atoms with Gasteiger partial charge in [-0.1, -0.05) is 39.0 Å². The number of nitrogens with two attached hydrogens (primary N) is 1. The summed E-state index contributed by atoms with van der Waals surface area (Å²) in [6.07, 6.45) is 9.69. The zero-order valence-electron chi connectivity index (χ0n) is 11.7. The van der Waals surface area contributed by atoms with Crippen LogP contribution in [-0.2, 0) is 4.79 Å². The molecule has 0 aromatic heterocycles. The Kier molecular flexibility index (Phi) is 5.04. The maximum Gasteiger partial charge on any atom is 0.224 e. The van der Waals surface area contributed by atoms with E-state index in [0.29, 0.717) is 0 Å². The molecule has 3 nitrogen and oxygen atoms in total. The molecule has 18 heavy (non-hydrogen) atoms. The first kappa shape index (κ1) is 13.9. The van der Waals surface area contributed by atoms with Crippen LogP contribution in [0.2, 0.25) is 0 Å². The fraction of sp³-hybridized carbons (Fsp3) is 0.933. The number of hydrogen-bond donors (Lipinski definition) is 2. The molecule has 1 amide bonds. The van der Waals surface area contributed by atoms with E-state index in [1.165, 1.54) is 25.7 Å². The van der Waals surface area contributed by atoms with Gasteiger partial charge in [-0.25, -0.2) is 0 Å². The molecule has 0 aromatic rings. The summed E-state index contributed by atoms with van der Waals surface area (Å²) >= 11 is 0. The summed E-state index contributed by atoms with van der Waals surface area (Å²) in [5.41, 5.74) is 5.95. The van der Waals surface area contributed by atoms with Gasteiger partial charge < -0.3 is 11.1 Å². The van der Waals surface area contributed by atoms with Gasteiger partial charge in [0.15, 0.2) is 0 Å². The second kappa shape index (κ2) is 6.55. The van der Waals surface area contributed by atoms with Gasteiger partial charge in [0.05, 0.1) is 5.92 Å². The minimum absolute atomic E-state index is 0.0800. The number of carbonyl (C=O) groups excluding carboxylic acids is 1. The summed E-state index contributed by atoms with van der Waals surface area (Å²) in [5.74, 6) is 2.02. The molecule has 2 fully saturated rings. The minimum Gasteiger partial charge on any atom is -0.356 e. The van der Waals surface area contributed by atoms with Gasteiger partial charge in [-0.05, 0) is 31.1 Å². The van der Waals surface area contributed by atoms with Gasteiger partial charge in [-0.2, -0.15) is 0 Å². The van der Waals surface area contributed by atoms with Crippen LogP contribution >= 0.6 is 0 Å². The fourth-order valence-corrected chi connectivity index (χ4v) is 3.46. The molecular weight excluding hydrogens is 224 g/mol. The Balaban J connectivity index is 1.61. The lowest BCUT2D eigenvalue weighted by molar-refractivity contribution is -0.125. The first-order valence-electron chi connectivity index (χ1n) is 7.70. The molecule has 2 aliphatic rings. The van der Waals surface area contributed by atoms with E-state index >= 15 is 0 Å². The first-order valence-corrected chi connectivity index (χ1v) is 7.70. The van der Waals surface area contributed by atoms with Crippen LogP contribution in [0, 0.1) is 17.8 Å². The molecule has 2 atom stereocenters. The van der Waals surface area contributed by atoms with Crippen molar-refractivity contribution in [2.75, 3.05) is 6.54 Å². The molecule has 0 aromatic carbocycles. The molecule has 3 N–H and O–H groups in total. The van der Waals surface area contributed by atoms with Gasteiger partial charge in [0.2, 0.25) is 5.91 Å². The lowest BCUT2D eigenvalue weighted by atomic mass is 9.81. The Bertz CT molecular complexity index is 272. The Hall–Kier alpha value is -0.570. The molecule has 0 spiro atoms. The van der Waals surface area contributed by atoms with Gasteiger partial charge in [0.1, 0.15) is 0 Å². The Morgan fingerprint density at radius 2 is 1.89 bits per heavy atom. The predicted octanol–water partition coefficient (Wildman–Crippen LogP) is 2.45. The van der Waals surface area contributed by atoms with Crippen molar-refractivity contribution >= 4 is 5.91 Å². The summed E-state index contributed by atoms with van der Waals surface area (Å²) in [7, 11) is 0. The third-order valence-electron chi connectivity index (χ3n) is 4.89. The molecule has 2 rings (SSSR count). The number of hydrogen-bond acceptors (Lipinski definition) is 2. The van der Waals surface area contributed by atoms with Gasteiger partial charge in [0.25, 0.3) is 0 Å². The number of nitrogens with one attached hydrogen (secondary N) is 1. The first-order chi connectivity index (χ1) is 8.66. The second-order valence-electron chi connectivity index (χ2n) is 6.41. The van der Waals surface area contributed by atoms with Crippen LogP contribution in [0.1, 0.15) is 58.3 Å². The van der Waals surface area contributed by atoms with E-state index in [1.807, 2.05) is 0 Å². The van der Waals surface area contributed by atoms with Crippen LogP contribution in [0.5, 0.6) is 0 Å². The number of carbonyl (C=O) groups is 1. The number of amides is 1. The lowest BCUT2D eigenvalue weighted by Gasteiger charge is -2.26. The summed E-state index contributed by atoms with van der Waals surface area (Å²) in [6.45, 7) is 3.20. The zero-order valence-corrected chi connectivity index (χ0v) is 11.7. The molecule has 2 aliphatic carbocycles. The van der Waals surface area contributed by atoms with E-state index in [1.54, 1.807) is 0 Å². The standard InChI is InChI=1S/C15H28N2O/c1-11-5-7-12(8-6-11)9-10-17-15(18)13-3-2-4-14(13)16/h11-14H,2-10,16H2,1H3,(H,17,18). The number of rotatable bonds is 4. The van der Waals surface area contributed by atoms with E-state index in [2.05, 4.69) is 12.2 Å². The smallest absolute Gasteiger partial charge is 0.224 e. The highest BCUT2D eigenvalue weighted by molar-refractivity contribution is 5.79. The van der Waals surface area contributed by atoms with Crippen molar-refractivity contribution < 1.29 is 4.79 Å². The minimum atomic E-state index is 0.0800. The average Bonchev–Trinajstić information content (AvgIpc) is 2.78.